The fourth-order valence-corrected chi connectivity index (χ4v) is 3.12. The van der Waals surface area contributed by atoms with Crippen LogP contribution in [0.4, 0.5) is 10.1 Å². The Morgan fingerprint density at radius 2 is 1.69 bits per heavy atom. The number of hydrogen-bond acceptors (Lipinski definition) is 3. The van der Waals surface area contributed by atoms with Gasteiger partial charge in [0.2, 0.25) is 0 Å². The van der Waals surface area contributed by atoms with Gasteiger partial charge in [0, 0.05) is 12.2 Å². The molecule has 3 aromatic carbocycles. The fraction of sp³-hybridized carbons (Fsp3) is 0.143. The molecule has 134 valence electrons. The van der Waals surface area contributed by atoms with Crippen molar-refractivity contribution in [2.75, 3.05) is 12.4 Å². The molecule has 0 aliphatic carbocycles. The van der Waals surface area contributed by atoms with Crippen molar-refractivity contribution in [2.24, 2.45) is 0 Å². The van der Waals surface area contributed by atoms with Crippen molar-refractivity contribution in [3.05, 3.63) is 88.1 Å². The summed E-state index contributed by atoms with van der Waals surface area (Å²) >= 11 is 3.56. The quantitative estimate of drug-likeness (QED) is 0.529. The van der Waals surface area contributed by atoms with Crippen LogP contribution in [-0.4, -0.2) is 7.11 Å². The van der Waals surface area contributed by atoms with Gasteiger partial charge >= 0.3 is 0 Å². The SMILES string of the molecule is COc1cc(CNc2ccccc2)cc(Br)c1OCc1ccc(F)cc1. The van der Waals surface area contributed by atoms with Gasteiger partial charge in [-0.3, -0.25) is 0 Å². The van der Waals surface area contributed by atoms with Crippen molar-refractivity contribution in [2.45, 2.75) is 13.2 Å². The number of methoxy groups -OCH3 is 1. The minimum Gasteiger partial charge on any atom is -0.493 e. The van der Waals surface area contributed by atoms with Gasteiger partial charge in [0.1, 0.15) is 12.4 Å². The van der Waals surface area contributed by atoms with E-state index in [9.17, 15) is 4.39 Å². The molecule has 26 heavy (non-hydrogen) atoms. The average molecular weight is 416 g/mol. The molecule has 0 amide bonds. The Kier molecular flexibility index (Phi) is 6.12. The van der Waals surface area contributed by atoms with E-state index in [1.165, 1.54) is 12.1 Å². The van der Waals surface area contributed by atoms with E-state index in [0.717, 1.165) is 21.3 Å². The van der Waals surface area contributed by atoms with Gasteiger partial charge in [-0.25, -0.2) is 4.39 Å². The number of nitrogens with one attached hydrogen (secondary N) is 1. The third-order valence-electron chi connectivity index (χ3n) is 3.86. The lowest BCUT2D eigenvalue weighted by atomic mass is 10.2. The molecule has 0 aromatic heterocycles. The molecule has 0 spiro atoms. The van der Waals surface area contributed by atoms with E-state index >= 15 is 0 Å². The maximum absolute atomic E-state index is 13.0. The van der Waals surface area contributed by atoms with Gasteiger partial charge in [-0.1, -0.05) is 30.3 Å². The van der Waals surface area contributed by atoms with E-state index in [1.54, 1.807) is 19.2 Å². The Hall–Kier alpha value is -2.53. The van der Waals surface area contributed by atoms with Gasteiger partial charge in [0.05, 0.1) is 11.6 Å². The molecule has 0 fully saturated rings. The van der Waals surface area contributed by atoms with E-state index in [1.807, 2.05) is 42.5 Å². The minimum atomic E-state index is -0.261. The van der Waals surface area contributed by atoms with Crippen LogP contribution in [0.25, 0.3) is 0 Å². The molecule has 0 aliphatic rings. The van der Waals surface area contributed by atoms with Crippen LogP contribution in [-0.2, 0) is 13.2 Å². The lowest BCUT2D eigenvalue weighted by Crippen LogP contribution is -2.02. The van der Waals surface area contributed by atoms with E-state index in [0.29, 0.717) is 24.7 Å². The second-order valence-electron chi connectivity index (χ2n) is 5.74. The van der Waals surface area contributed by atoms with Crippen molar-refractivity contribution >= 4 is 21.6 Å². The molecule has 0 bridgehead atoms. The Labute approximate surface area is 160 Å². The zero-order valence-corrected chi connectivity index (χ0v) is 15.9. The lowest BCUT2D eigenvalue weighted by molar-refractivity contribution is 0.282. The molecule has 1 N–H and O–H groups in total. The van der Waals surface area contributed by atoms with Gasteiger partial charge < -0.3 is 14.8 Å². The summed E-state index contributed by atoms with van der Waals surface area (Å²) < 4.78 is 25.2. The minimum absolute atomic E-state index is 0.261. The topological polar surface area (TPSA) is 30.5 Å². The van der Waals surface area contributed by atoms with Crippen molar-refractivity contribution in [3.8, 4) is 11.5 Å². The van der Waals surface area contributed by atoms with Gasteiger partial charge in [0.15, 0.2) is 11.5 Å². The standard InChI is InChI=1S/C21H19BrFNO2/c1-25-20-12-16(13-24-18-5-3-2-4-6-18)11-19(22)21(20)26-14-15-7-9-17(23)10-8-15/h2-12,24H,13-14H2,1H3. The fourth-order valence-electron chi connectivity index (χ4n) is 2.51. The van der Waals surface area contributed by atoms with Crippen molar-refractivity contribution in [1.29, 1.82) is 0 Å². The molecule has 0 saturated carbocycles. The molecular formula is C21H19BrFNO2. The molecule has 3 rings (SSSR count). The normalized spacial score (nSPS) is 10.4. The molecular weight excluding hydrogens is 397 g/mol. The van der Waals surface area contributed by atoms with Gasteiger partial charge in [-0.2, -0.15) is 0 Å². The second kappa shape index (κ2) is 8.72. The average Bonchev–Trinajstić information content (AvgIpc) is 2.67. The maximum Gasteiger partial charge on any atom is 0.175 e. The van der Waals surface area contributed by atoms with Crippen molar-refractivity contribution in [1.82, 2.24) is 0 Å². The number of hydrogen-bond donors (Lipinski definition) is 1. The number of benzene rings is 3. The van der Waals surface area contributed by atoms with Crippen LogP contribution in [0, 0.1) is 5.82 Å². The smallest absolute Gasteiger partial charge is 0.175 e. The first kappa shape index (κ1) is 18.3. The Balaban J connectivity index is 1.71. The molecule has 0 unspecified atom stereocenters. The summed E-state index contributed by atoms with van der Waals surface area (Å²) in [5.41, 5.74) is 3.00. The van der Waals surface area contributed by atoms with Gasteiger partial charge in [0.25, 0.3) is 0 Å². The summed E-state index contributed by atoms with van der Waals surface area (Å²) in [5.74, 6) is 1.01. The molecule has 3 aromatic rings. The highest BCUT2D eigenvalue weighted by atomic mass is 79.9. The van der Waals surface area contributed by atoms with Crippen molar-refractivity contribution < 1.29 is 13.9 Å². The predicted molar refractivity (Wildman–Crippen MR) is 105 cm³/mol. The maximum atomic E-state index is 13.0. The summed E-state index contributed by atoms with van der Waals surface area (Å²) in [6.45, 7) is 0.994. The van der Waals surface area contributed by atoms with Crippen LogP contribution in [0.5, 0.6) is 11.5 Å². The van der Waals surface area contributed by atoms with Crippen LogP contribution in [0.1, 0.15) is 11.1 Å². The van der Waals surface area contributed by atoms with Crippen molar-refractivity contribution in [3.63, 3.8) is 0 Å². The van der Waals surface area contributed by atoms with Crippen LogP contribution in [0.15, 0.2) is 71.2 Å². The predicted octanol–water partition coefficient (Wildman–Crippen LogP) is 5.79. The van der Waals surface area contributed by atoms with E-state index in [2.05, 4.69) is 21.2 Å². The first-order valence-electron chi connectivity index (χ1n) is 8.18. The van der Waals surface area contributed by atoms with Crippen LogP contribution >= 0.6 is 15.9 Å². The molecule has 5 heteroatoms. The highest BCUT2D eigenvalue weighted by molar-refractivity contribution is 9.10. The Bertz CT molecular complexity index is 854. The Morgan fingerprint density at radius 1 is 0.962 bits per heavy atom. The molecule has 0 saturated heterocycles. The van der Waals surface area contributed by atoms with E-state index in [-0.39, 0.29) is 5.82 Å². The number of ether oxygens (including phenoxy) is 2. The number of para-hydroxylation sites is 1. The van der Waals surface area contributed by atoms with Crippen LogP contribution < -0.4 is 14.8 Å². The monoisotopic (exact) mass is 415 g/mol. The molecule has 0 heterocycles. The van der Waals surface area contributed by atoms with Crippen LogP contribution in [0.2, 0.25) is 0 Å². The first-order chi connectivity index (χ1) is 12.7. The largest absolute Gasteiger partial charge is 0.493 e. The molecule has 0 aliphatic heterocycles. The third-order valence-corrected chi connectivity index (χ3v) is 4.45. The number of halogens is 2. The summed E-state index contributed by atoms with van der Waals surface area (Å²) in [7, 11) is 1.61. The highest BCUT2D eigenvalue weighted by Crippen LogP contribution is 2.37. The van der Waals surface area contributed by atoms with E-state index < -0.39 is 0 Å². The summed E-state index contributed by atoms with van der Waals surface area (Å²) in [6, 6.07) is 20.2. The molecule has 0 radical (unpaired) electrons. The molecule has 0 atom stereocenters. The van der Waals surface area contributed by atoms with Gasteiger partial charge in [-0.05, 0) is 63.5 Å². The van der Waals surface area contributed by atoms with E-state index in [4.69, 9.17) is 9.47 Å². The highest BCUT2D eigenvalue weighted by Gasteiger charge is 2.12. The summed E-state index contributed by atoms with van der Waals surface area (Å²) in [4.78, 5) is 0. The number of anilines is 1. The third kappa shape index (κ3) is 4.76. The summed E-state index contributed by atoms with van der Waals surface area (Å²) in [5, 5.41) is 3.37. The number of rotatable bonds is 7. The van der Waals surface area contributed by atoms with Crippen LogP contribution in [0.3, 0.4) is 0 Å². The lowest BCUT2D eigenvalue weighted by Gasteiger charge is -2.15. The first-order valence-corrected chi connectivity index (χ1v) is 8.97. The molecule has 3 nitrogen and oxygen atoms in total. The summed E-state index contributed by atoms with van der Waals surface area (Å²) in [6.07, 6.45) is 0. The zero-order chi connectivity index (χ0) is 18.4. The second-order valence-corrected chi connectivity index (χ2v) is 6.60. The zero-order valence-electron chi connectivity index (χ0n) is 14.3. The Morgan fingerprint density at radius 3 is 2.38 bits per heavy atom. The van der Waals surface area contributed by atoms with Gasteiger partial charge in [-0.15, -0.1) is 0 Å².